The van der Waals surface area contributed by atoms with E-state index in [0.29, 0.717) is 0 Å². The van der Waals surface area contributed by atoms with Crippen LogP contribution in [-0.4, -0.2) is 23.4 Å². The van der Waals surface area contributed by atoms with E-state index in [1.807, 2.05) is 0 Å². The van der Waals surface area contributed by atoms with Crippen LogP contribution in [-0.2, 0) is 18.3 Å². The number of aliphatic hydroxyl groups is 2. The minimum atomic E-state index is -0.133. The smallest absolute Gasteiger partial charge is 0.0621 e. The van der Waals surface area contributed by atoms with E-state index >= 15 is 0 Å². The van der Waals surface area contributed by atoms with Crippen LogP contribution in [0, 0.1) is 13.8 Å². The Morgan fingerprint density at radius 2 is 1.42 bits per heavy atom. The Hall–Kier alpha value is -1.64. The molecule has 0 bridgehead atoms. The molecule has 2 N–H and O–H groups in total. The number of rotatable bonds is 0. The van der Waals surface area contributed by atoms with Crippen LogP contribution in [0.1, 0.15) is 48.6 Å². The maximum absolute atomic E-state index is 9.34. The summed E-state index contributed by atoms with van der Waals surface area (Å²) in [4.78, 5) is 0. The molecule has 1 aliphatic rings. The summed E-state index contributed by atoms with van der Waals surface area (Å²) >= 11 is 0. The molecule has 0 amide bonds. The highest BCUT2D eigenvalue weighted by atomic mass is 16.3. The lowest BCUT2D eigenvalue weighted by Gasteiger charge is -2.19. The Bertz CT molecular complexity index is 639. The molecule has 2 aromatic carbocycles. The molecule has 0 saturated heterocycles. The third-order valence-electron chi connectivity index (χ3n) is 4.16. The topological polar surface area (TPSA) is 40.5 Å². The third-order valence-corrected chi connectivity index (χ3v) is 4.16. The van der Waals surface area contributed by atoms with Crippen molar-refractivity contribution in [2.24, 2.45) is 0 Å². The van der Waals surface area contributed by atoms with Gasteiger partial charge < -0.3 is 10.2 Å². The highest BCUT2D eigenvalue weighted by Gasteiger charge is 2.18. The lowest BCUT2D eigenvalue weighted by Crippen LogP contribution is -2.10. The van der Waals surface area contributed by atoms with Crippen molar-refractivity contribution in [3.05, 3.63) is 70.3 Å². The zero-order chi connectivity index (χ0) is 18.3. The van der Waals surface area contributed by atoms with Crippen molar-refractivity contribution >= 4 is 0 Å². The van der Waals surface area contributed by atoms with Gasteiger partial charge in [-0.25, -0.2) is 0 Å². The van der Waals surface area contributed by atoms with Gasteiger partial charge in [0.05, 0.1) is 6.10 Å². The second kappa shape index (κ2) is 9.00. The molecule has 3 rings (SSSR count). The van der Waals surface area contributed by atoms with Gasteiger partial charge in [0, 0.05) is 7.11 Å². The van der Waals surface area contributed by atoms with Gasteiger partial charge >= 0.3 is 0 Å². The van der Waals surface area contributed by atoms with Crippen LogP contribution in [0.2, 0.25) is 0 Å². The lowest BCUT2D eigenvalue weighted by molar-refractivity contribution is 0.187. The first-order valence-corrected chi connectivity index (χ1v) is 8.54. The van der Waals surface area contributed by atoms with Crippen molar-refractivity contribution in [2.45, 2.75) is 59.0 Å². The Balaban J connectivity index is 0.000000218. The predicted octanol–water partition coefficient (Wildman–Crippen LogP) is 4.36. The average Bonchev–Trinajstić information content (AvgIpc) is 2.88. The molecule has 1 atom stereocenters. The summed E-state index contributed by atoms with van der Waals surface area (Å²) in [5.74, 6) is 0. The van der Waals surface area contributed by atoms with Crippen LogP contribution < -0.4 is 0 Å². The molecule has 24 heavy (non-hydrogen) atoms. The zero-order valence-electron chi connectivity index (χ0n) is 15.9. The van der Waals surface area contributed by atoms with Gasteiger partial charge in [0.2, 0.25) is 0 Å². The summed E-state index contributed by atoms with van der Waals surface area (Å²) in [6.07, 6.45) is 1.55. The van der Waals surface area contributed by atoms with E-state index in [0.717, 1.165) is 20.0 Å². The third kappa shape index (κ3) is 6.10. The van der Waals surface area contributed by atoms with Gasteiger partial charge in [-0.15, -0.1) is 0 Å². The van der Waals surface area contributed by atoms with Crippen molar-refractivity contribution in [1.82, 2.24) is 0 Å². The minimum Gasteiger partial charge on any atom is -0.400 e. The van der Waals surface area contributed by atoms with Gasteiger partial charge in [0.25, 0.3) is 0 Å². The molecule has 0 heterocycles. The number of aryl methyl sites for hydroxylation is 2. The van der Waals surface area contributed by atoms with Gasteiger partial charge in [0.1, 0.15) is 0 Å². The molecule has 132 valence electrons. The van der Waals surface area contributed by atoms with Crippen LogP contribution >= 0.6 is 0 Å². The van der Waals surface area contributed by atoms with Gasteiger partial charge in [-0.2, -0.15) is 0 Å². The molecule has 0 aromatic heterocycles. The quantitative estimate of drug-likeness (QED) is 0.754. The van der Waals surface area contributed by atoms with E-state index in [-0.39, 0.29) is 11.5 Å². The first kappa shape index (κ1) is 20.4. The number of aliphatic hydroxyl groups excluding tert-OH is 2. The monoisotopic (exact) mass is 328 g/mol. The minimum absolute atomic E-state index is 0.133. The molecule has 0 aliphatic heterocycles. The maximum Gasteiger partial charge on any atom is 0.0621 e. The Kier molecular flexibility index (Phi) is 7.65. The van der Waals surface area contributed by atoms with Crippen LogP contribution in [0.15, 0.2) is 42.5 Å². The average molecular weight is 328 g/mol. The summed E-state index contributed by atoms with van der Waals surface area (Å²) in [6.45, 7) is 10.9. The van der Waals surface area contributed by atoms with E-state index in [4.69, 9.17) is 5.11 Å². The SMILES string of the molecule is CO.Cc1ccc2c(c1)CC(O)C2.Cc1cccc(C(C)(C)C)c1. The van der Waals surface area contributed by atoms with Crippen molar-refractivity contribution < 1.29 is 10.2 Å². The normalized spacial score (nSPS) is 15.6. The first-order valence-electron chi connectivity index (χ1n) is 8.54. The summed E-state index contributed by atoms with van der Waals surface area (Å²) in [5, 5.41) is 16.3. The highest BCUT2D eigenvalue weighted by molar-refractivity contribution is 5.36. The van der Waals surface area contributed by atoms with Crippen LogP contribution in [0.4, 0.5) is 0 Å². The van der Waals surface area contributed by atoms with E-state index in [9.17, 15) is 5.11 Å². The number of hydrogen-bond acceptors (Lipinski definition) is 2. The first-order chi connectivity index (χ1) is 11.3. The fourth-order valence-corrected chi connectivity index (χ4v) is 2.84. The van der Waals surface area contributed by atoms with Gasteiger partial charge in [-0.1, -0.05) is 74.4 Å². The second-order valence-corrected chi connectivity index (χ2v) is 7.45. The summed E-state index contributed by atoms with van der Waals surface area (Å²) in [6, 6.07) is 15.1. The van der Waals surface area contributed by atoms with E-state index in [1.54, 1.807) is 0 Å². The standard InChI is InChI=1S/C11H16.C10H12O.CH4O/c1-9-6-5-7-10(8-9)11(2,3)4;1-7-2-3-8-5-10(11)6-9(8)4-7;1-2/h5-8H,1-4H3;2-4,10-11H,5-6H2,1H3;2H,1H3. The number of hydrogen-bond donors (Lipinski definition) is 2. The molecule has 2 nitrogen and oxygen atoms in total. The molecule has 1 unspecified atom stereocenters. The lowest BCUT2D eigenvalue weighted by atomic mass is 9.86. The van der Waals surface area contributed by atoms with Crippen molar-refractivity contribution in [2.75, 3.05) is 7.11 Å². The van der Waals surface area contributed by atoms with Gasteiger partial charge in [-0.3, -0.25) is 0 Å². The Labute approximate surface area is 147 Å². The predicted molar refractivity (Wildman–Crippen MR) is 103 cm³/mol. The molecule has 0 fully saturated rings. The highest BCUT2D eigenvalue weighted by Crippen LogP contribution is 2.23. The van der Waals surface area contributed by atoms with Crippen LogP contribution in [0.5, 0.6) is 0 Å². The fraction of sp³-hybridized carbons (Fsp3) is 0.455. The summed E-state index contributed by atoms with van der Waals surface area (Å²) in [5.41, 5.74) is 6.99. The summed E-state index contributed by atoms with van der Waals surface area (Å²) < 4.78 is 0. The Morgan fingerprint density at radius 3 is 1.96 bits per heavy atom. The molecule has 0 saturated carbocycles. The number of benzene rings is 2. The van der Waals surface area contributed by atoms with E-state index in [1.165, 1.54) is 27.8 Å². The van der Waals surface area contributed by atoms with Crippen LogP contribution in [0.3, 0.4) is 0 Å². The molecule has 2 aromatic rings. The van der Waals surface area contributed by atoms with E-state index < -0.39 is 0 Å². The van der Waals surface area contributed by atoms with Crippen molar-refractivity contribution in [3.63, 3.8) is 0 Å². The molecular formula is C22H32O2. The van der Waals surface area contributed by atoms with Crippen molar-refractivity contribution in [1.29, 1.82) is 0 Å². The number of fused-ring (bicyclic) bond motifs is 1. The summed E-state index contributed by atoms with van der Waals surface area (Å²) in [7, 11) is 1.00. The molecule has 1 aliphatic carbocycles. The molecule has 0 radical (unpaired) electrons. The molecule has 0 spiro atoms. The fourth-order valence-electron chi connectivity index (χ4n) is 2.84. The van der Waals surface area contributed by atoms with Crippen molar-refractivity contribution in [3.8, 4) is 0 Å². The zero-order valence-corrected chi connectivity index (χ0v) is 15.9. The largest absolute Gasteiger partial charge is 0.400 e. The Morgan fingerprint density at radius 1 is 0.833 bits per heavy atom. The molecule has 2 heteroatoms. The van der Waals surface area contributed by atoms with Crippen LogP contribution in [0.25, 0.3) is 0 Å². The van der Waals surface area contributed by atoms with E-state index in [2.05, 4.69) is 77.1 Å². The maximum atomic E-state index is 9.34. The van der Waals surface area contributed by atoms with Gasteiger partial charge in [-0.05, 0) is 48.8 Å². The second-order valence-electron chi connectivity index (χ2n) is 7.45. The molecular weight excluding hydrogens is 296 g/mol. The van der Waals surface area contributed by atoms with Gasteiger partial charge in [0.15, 0.2) is 0 Å².